The summed E-state index contributed by atoms with van der Waals surface area (Å²) >= 11 is 0. The molecule has 5 N–H and O–H groups in total. The Morgan fingerprint density at radius 2 is 2.26 bits per heavy atom. The van der Waals surface area contributed by atoms with Gasteiger partial charge in [-0.2, -0.15) is 5.43 Å². The van der Waals surface area contributed by atoms with Crippen molar-refractivity contribution in [3.63, 3.8) is 0 Å². The molecule has 2 aromatic rings. The highest BCUT2D eigenvalue weighted by atomic mass is 15.7. The molecule has 1 fully saturated rings. The Hall–Kier alpha value is -2.13. The van der Waals surface area contributed by atoms with Crippen LogP contribution in [0.1, 0.15) is 17.7 Å². The van der Waals surface area contributed by atoms with Crippen molar-refractivity contribution in [2.45, 2.75) is 31.8 Å². The van der Waals surface area contributed by atoms with E-state index in [2.05, 4.69) is 43.4 Å². The van der Waals surface area contributed by atoms with Gasteiger partial charge in [-0.1, -0.05) is 0 Å². The third-order valence-electron chi connectivity index (χ3n) is 4.28. The van der Waals surface area contributed by atoms with Crippen LogP contribution in [-0.4, -0.2) is 34.8 Å². The number of nitrogens with two attached hydrogens (primary N) is 1. The SMILES string of the molecule is CNC1NC(N)N(c2cc3c(nn2)-c2cccnc2CCC3)N1. The number of hydrazine groups is 1. The molecule has 120 valence electrons. The Bertz CT molecular complexity index is 718. The summed E-state index contributed by atoms with van der Waals surface area (Å²) in [6.45, 7) is 0. The number of rotatable bonds is 2. The third kappa shape index (κ3) is 2.55. The van der Waals surface area contributed by atoms with Gasteiger partial charge in [0.15, 0.2) is 12.1 Å². The van der Waals surface area contributed by atoms with Crippen LogP contribution in [0.25, 0.3) is 11.3 Å². The maximum Gasteiger partial charge on any atom is 0.168 e. The minimum Gasteiger partial charge on any atom is -0.298 e. The normalized spacial score (nSPS) is 23.3. The fourth-order valence-corrected chi connectivity index (χ4v) is 3.11. The van der Waals surface area contributed by atoms with Gasteiger partial charge in [-0.25, -0.2) is 0 Å². The van der Waals surface area contributed by atoms with Gasteiger partial charge in [0.2, 0.25) is 0 Å². The van der Waals surface area contributed by atoms with Gasteiger partial charge in [-0.05, 0) is 50.1 Å². The standard InChI is InChI=1S/C15H20N8/c1-17-15-19-14(16)23(22-15)12-8-9-4-2-6-11-10(5-3-7-18-11)13(9)21-20-12/h3,5,7-8,14-15,17,19,22H,2,4,6,16H2,1H3. The topological polar surface area (TPSA) is 104 Å². The molecule has 1 aliphatic heterocycles. The molecule has 0 spiro atoms. The first-order chi connectivity index (χ1) is 11.3. The van der Waals surface area contributed by atoms with Gasteiger partial charge in [0.05, 0.1) is 5.69 Å². The summed E-state index contributed by atoms with van der Waals surface area (Å²) < 4.78 is 0. The van der Waals surface area contributed by atoms with Crippen LogP contribution < -0.4 is 26.8 Å². The second-order valence-electron chi connectivity index (χ2n) is 5.76. The van der Waals surface area contributed by atoms with Crippen LogP contribution in [0.3, 0.4) is 0 Å². The van der Waals surface area contributed by atoms with E-state index in [4.69, 9.17) is 5.73 Å². The highest BCUT2D eigenvalue weighted by Crippen LogP contribution is 2.30. The van der Waals surface area contributed by atoms with Crippen molar-refractivity contribution in [3.05, 3.63) is 35.7 Å². The Morgan fingerprint density at radius 3 is 3.09 bits per heavy atom. The van der Waals surface area contributed by atoms with Crippen molar-refractivity contribution in [2.24, 2.45) is 5.73 Å². The molecule has 8 heteroatoms. The molecule has 0 aromatic carbocycles. The number of nitrogens with zero attached hydrogens (tertiary/aromatic N) is 4. The molecule has 2 aromatic heterocycles. The summed E-state index contributed by atoms with van der Waals surface area (Å²) in [5.74, 6) is 0.717. The van der Waals surface area contributed by atoms with E-state index in [1.807, 2.05) is 19.3 Å². The molecule has 0 radical (unpaired) electrons. The predicted molar refractivity (Wildman–Crippen MR) is 86.9 cm³/mol. The molecular weight excluding hydrogens is 292 g/mol. The molecule has 1 saturated heterocycles. The lowest BCUT2D eigenvalue weighted by Crippen LogP contribution is -2.46. The Morgan fingerprint density at radius 1 is 1.35 bits per heavy atom. The monoisotopic (exact) mass is 312 g/mol. The van der Waals surface area contributed by atoms with E-state index in [0.29, 0.717) is 5.82 Å². The molecule has 23 heavy (non-hydrogen) atoms. The van der Waals surface area contributed by atoms with Gasteiger partial charge in [0.1, 0.15) is 6.29 Å². The number of pyridine rings is 1. The molecule has 0 bridgehead atoms. The fourth-order valence-electron chi connectivity index (χ4n) is 3.11. The van der Waals surface area contributed by atoms with E-state index in [0.717, 1.165) is 36.2 Å². The van der Waals surface area contributed by atoms with Crippen LogP contribution in [-0.2, 0) is 12.8 Å². The average Bonchev–Trinajstić information content (AvgIpc) is 2.86. The summed E-state index contributed by atoms with van der Waals surface area (Å²) in [7, 11) is 1.85. The summed E-state index contributed by atoms with van der Waals surface area (Å²) in [6, 6.07) is 6.08. The van der Waals surface area contributed by atoms with E-state index in [-0.39, 0.29) is 12.6 Å². The Labute approximate surface area is 134 Å². The second kappa shape index (κ2) is 5.82. The number of hydrogen-bond donors (Lipinski definition) is 4. The van der Waals surface area contributed by atoms with Crippen molar-refractivity contribution in [3.8, 4) is 11.3 Å². The van der Waals surface area contributed by atoms with Gasteiger partial charge >= 0.3 is 0 Å². The van der Waals surface area contributed by atoms with Gasteiger partial charge in [0, 0.05) is 17.5 Å². The zero-order valence-electron chi connectivity index (χ0n) is 13.0. The highest BCUT2D eigenvalue weighted by Gasteiger charge is 2.29. The Kier molecular flexibility index (Phi) is 3.66. The van der Waals surface area contributed by atoms with Crippen LogP contribution in [0, 0.1) is 0 Å². The van der Waals surface area contributed by atoms with E-state index >= 15 is 0 Å². The van der Waals surface area contributed by atoms with Gasteiger partial charge < -0.3 is 0 Å². The largest absolute Gasteiger partial charge is 0.298 e. The van der Waals surface area contributed by atoms with E-state index < -0.39 is 0 Å². The summed E-state index contributed by atoms with van der Waals surface area (Å²) in [6.07, 6.45) is 4.36. The van der Waals surface area contributed by atoms with Crippen LogP contribution in [0.15, 0.2) is 24.4 Å². The number of anilines is 1. The predicted octanol–water partition coefficient (Wildman–Crippen LogP) is -0.313. The fraction of sp³-hybridized carbons (Fsp3) is 0.400. The summed E-state index contributed by atoms with van der Waals surface area (Å²) in [5, 5.41) is 16.9. The first-order valence-corrected chi connectivity index (χ1v) is 7.81. The van der Waals surface area contributed by atoms with E-state index in [9.17, 15) is 0 Å². The number of nitrogens with one attached hydrogen (secondary N) is 3. The van der Waals surface area contributed by atoms with Crippen molar-refractivity contribution in [1.82, 2.24) is 31.2 Å². The molecule has 8 nitrogen and oxygen atoms in total. The van der Waals surface area contributed by atoms with Gasteiger partial charge in [-0.15, -0.1) is 10.2 Å². The smallest absolute Gasteiger partial charge is 0.168 e. The minimum atomic E-state index is -0.362. The maximum absolute atomic E-state index is 6.10. The first kappa shape index (κ1) is 14.5. The van der Waals surface area contributed by atoms with E-state index in [1.54, 1.807) is 5.01 Å². The average molecular weight is 312 g/mol. The van der Waals surface area contributed by atoms with Crippen LogP contribution >= 0.6 is 0 Å². The lowest BCUT2D eigenvalue weighted by Gasteiger charge is -2.21. The van der Waals surface area contributed by atoms with Gasteiger partial charge in [-0.3, -0.25) is 26.4 Å². The van der Waals surface area contributed by atoms with Crippen molar-refractivity contribution >= 4 is 5.82 Å². The molecular formula is C15H20N8. The van der Waals surface area contributed by atoms with E-state index in [1.165, 1.54) is 5.56 Å². The minimum absolute atomic E-state index is 0.0875. The second-order valence-corrected chi connectivity index (χ2v) is 5.76. The lowest BCUT2D eigenvalue weighted by atomic mass is 10.1. The third-order valence-corrected chi connectivity index (χ3v) is 4.28. The molecule has 2 aliphatic rings. The molecule has 2 unspecified atom stereocenters. The molecule has 1 aliphatic carbocycles. The maximum atomic E-state index is 6.10. The highest BCUT2D eigenvalue weighted by molar-refractivity contribution is 5.67. The number of aromatic nitrogens is 3. The van der Waals surface area contributed by atoms with Crippen LogP contribution in [0.4, 0.5) is 5.82 Å². The zero-order valence-corrected chi connectivity index (χ0v) is 13.0. The number of aryl methyl sites for hydroxylation is 2. The van der Waals surface area contributed by atoms with Gasteiger partial charge in [0.25, 0.3) is 0 Å². The molecule has 3 heterocycles. The van der Waals surface area contributed by atoms with Crippen LogP contribution in [0.5, 0.6) is 0 Å². The van der Waals surface area contributed by atoms with Crippen LogP contribution in [0.2, 0.25) is 0 Å². The summed E-state index contributed by atoms with van der Waals surface area (Å²) in [4.78, 5) is 4.48. The molecule has 0 amide bonds. The van der Waals surface area contributed by atoms with Crippen molar-refractivity contribution < 1.29 is 0 Å². The molecule has 4 rings (SSSR count). The Balaban J connectivity index is 1.71. The number of hydrogen-bond acceptors (Lipinski definition) is 8. The first-order valence-electron chi connectivity index (χ1n) is 7.81. The lowest BCUT2D eigenvalue weighted by molar-refractivity contribution is 0.465. The van der Waals surface area contributed by atoms with Crippen molar-refractivity contribution in [1.29, 1.82) is 0 Å². The quantitative estimate of drug-likeness (QED) is 0.598. The van der Waals surface area contributed by atoms with Crippen molar-refractivity contribution in [2.75, 3.05) is 12.1 Å². The number of fused-ring (bicyclic) bond motifs is 3. The zero-order chi connectivity index (χ0) is 15.8. The summed E-state index contributed by atoms with van der Waals surface area (Å²) in [5.41, 5.74) is 13.6. The molecule has 2 atom stereocenters. The molecule has 0 saturated carbocycles.